The number of aromatic nitrogens is 2. The van der Waals surface area contributed by atoms with Gasteiger partial charge >= 0.3 is 0 Å². The highest BCUT2D eigenvalue weighted by molar-refractivity contribution is 9.10. The Hall–Kier alpha value is -1.33. The molecule has 2 N–H and O–H groups in total. The Kier molecular flexibility index (Phi) is 2.64. The first-order valence-electron chi connectivity index (χ1n) is 5.55. The van der Waals surface area contributed by atoms with Gasteiger partial charge in [-0.15, -0.1) is 0 Å². The maximum absolute atomic E-state index is 12.2. The molecule has 0 spiro atoms. The largest absolute Gasteiger partial charge is 0.311 e. The van der Waals surface area contributed by atoms with Gasteiger partial charge in [0.1, 0.15) is 0 Å². The van der Waals surface area contributed by atoms with Gasteiger partial charge in [0.2, 0.25) is 0 Å². The second-order valence-electron chi connectivity index (χ2n) is 4.12. The standard InChI is InChI=1S/C12H12BrN3O/c13-8-2-1-3-9(6-8)16-12(17)10-4-5-14-7-11(10)15-16/h1-3,6,14-15H,4-5,7H2. The molecular weight excluding hydrogens is 282 g/mol. The molecule has 2 aromatic rings. The monoisotopic (exact) mass is 293 g/mol. The quantitative estimate of drug-likeness (QED) is 0.839. The van der Waals surface area contributed by atoms with Crippen molar-refractivity contribution in [2.24, 2.45) is 0 Å². The summed E-state index contributed by atoms with van der Waals surface area (Å²) in [6.07, 6.45) is 0.797. The average Bonchev–Trinajstić information content (AvgIpc) is 2.68. The van der Waals surface area contributed by atoms with Crippen molar-refractivity contribution in [1.29, 1.82) is 0 Å². The minimum atomic E-state index is 0.0691. The molecule has 0 aliphatic carbocycles. The van der Waals surface area contributed by atoms with Gasteiger partial charge in [0, 0.05) is 16.6 Å². The first-order chi connectivity index (χ1) is 8.25. The fourth-order valence-electron chi connectivity index (χ4n) is 2.15. The van der Waals surface area contributed by atoms with E-state index in [1.165, 1.54) is 0 Å². The molecule has 0 saturated heterocycles. The summed E-state index contributed by atoms with van der Waals surface area (Å²) in [5.74, 6) is 0. The van der Waals surface area contributed by atoms with E-state index in [-0.39, 0.29) is 5.56 Å². The predicted octanol–water partition coefficient (Wildman–Crippen LogP) is 1.57. The number of aromatic amines is 1. The lowest BCUT2D eigenvalue weighted by molar-refractivity contribution is 0.629. The third-order valence-electron chi connectivity index (χ3n) is 2.99. The first-order valence-corrected chi connectivity index (χ1v) is 6.34. The van der Waals surface area contributed by atoms with Gasteiger partial charge in [0.05, 0.1) is 11.4 Å². The van der Waals surface area contributed by atoms with Crippen molar-refractivity contribution in [2.75, 3.05) is 6.54 Å². The first kappa shape index (κ1) is 10.8. The lowest BCUT2D eigenvalue weighted by Gasteiger charge is -2.09. The van der Waals surface area contributed by atoms with Crippen molar-refractivity contribution in [3.8, 4) is 5.69 Å². The van der Waals surface area contributed by atoms with Crippen LogP contribution >= 0.6 is 15.9 Å². The zero-order chi connectivity index (χ0) is 11.8. The zero-order valence-corrected chi connectivity index (χ0v) is 10.8. The SMILES string of the molecule is O=c1c2c([nH]n1-c1cccc(Br)c1)CNCC2. The maximum Gasteiger partial charge on any atom is 0.274 e. The average molecular weight is 294 g/mol. The van der Waals surface area contributed by atoms with E-state index in [0.29, 0.717) is 0 Å². The molecule has 2 heterocycles. The molecule has 0 amide bonds. The lowest BCUT2D eigenvalue weighted by Crippen LogP contribution is -2.26. The van der Waals surface area contributed by atoms with Crippen molar-refractivity contribution >= 4 is 15.9 Å². The van der Waals surface area contributed by atoms with Crippen LogP contribution in [0.4, 0.5) is 0 Å². The normalized spacial score (nSPS) is 14.6. The zero-order valence-electron chi connectivity index (χ0n) is 9.16. The van der Waals surface area contributed by atoms with Crippen LogP contribution in [0.2, 0.25) is 0 Å². The Bertz CT molecular complexity index is 614. The van der Waals surface area contributed by atoms with Crippen LogP contribution in [0, 0.1) is 0 Å². The molecule has 0 atom stereocenters. The van der Waals surface area contributed by atoms with E-state index in [1.54, 1.807) is 4.68 Å². The highest BCUT2D eigenvalue weighted by atomic mass is 79.9. The molecule has 1 aromatic heterocycles. The summed E-state index contributed by atoms with van der Waals surface area (Å²) in [6.45, 7) is 1.62. The molecule has 0 bridgehead atoms. The van der Waals surface area contributed by atoms with Crippen molar-refractivity contribution in [3.05, 3.63) is 50.3 Å². The molecule has 1 aliphatic rings. The Balaban J connectivity index is 2.16. The van der Waals surface area contributed by atoms with Crippen LogP contribution in [0.1, 0.15) is 11.3 Å². The van der Waals surface area contributed by atoms with E-state index < -0.39 is 0 Å². The summed E-state index contributed by atoms with van der Waals surface area (Å²) >= 11 is 3.41. The lowest BCUT2D eigenvalue weighted by atomic mass is 10.1. The number of H-pyrrole nitrogens is 1. The molecule has 4 nitrogen and oxygen atoms in total. The van der Waals surface area contributed by atoms with Crippen LogP contribution in [-0.2, 0) is 13.0 Å². The van der Waals surface area contributed by atoms with Crippen molar-refractivity contribution < 1.29 is 0 Å². The van der Waals surface area contributed by atoms with E-state index in [2.05, 4.69) is 26.3 Å². The van der Waals surface area contributed by atoms with Gasteiger partial charge in [-0.3, -0.25) is 9.89 Å². The van der Waals surface area contributed by atoms with Crippen LogP contribution in [0.5, 0.6) is 0 Å². The van der Waals surface area contributed by atoms with Gasteiger partial charge in [-0.2, -0.15) is 0 Å². The van der Waals surface area contributed by atoms with Crippen LogP contribution in [-0.4, -0.2) is 16.3 Å². The van der Waals surface area contributed by atoms with Crippen LogP contribution < -0.4 is 10.9 Å². The minimum Gasteiger partial charge on any atom is -0.311 e. The highest BCUT2D eigenvalue weighted by Crippen LogP contribution is 2.15. The van der Waals surface area contributed by atoms with E-state index in [4.69, 9.17) is 0 Å². The molecule has 0 radical (unpaired) electrons. The number of halogens is 1. The van der Waals surface area contributed by atoms with Gasteiger partial charge < -0.3 is 5.32 Å². The Morgan fingerprint density at radius 2 is 2.24 bits per heavy atom. The van der Waals surface area contributed by atoms with Gasteiger partial charge in [-0.25, -0.2) is 4.68 Å². The van der Waals surface area contributed by atoms with Gasteiger partial charge in [-0.1, -0.05) is 22.0 Å². The van der Waals surface area contributed by atoms with Crippen LogP contribution in [0.25, 0.3) is 5.69 Å². The summed E-state index contributed by atoms with van der Waals surface area (Å²) in [7, 11) is 0. The molecule has 1 aliphatic heterocycles. The smallest absolute Gasteiger partial charge is 0.274 e. The molecule has 88 valence electrons. The topological polar surface area (TPSA) is 49.8 Å². The van der Waals surface area contributed by atoms with Crippen molar-refractivity contribution in [1.82, 2.24) is 15.1 Å². The summed E-state index contributed by atoms with van der Waals surface area (Å²) in [4.78, 5) is 12.2. The molecule has 0 unspecified atom stereocenters. The molecule has 1 aromatic carbocycles. The number of nitrogens with zero attached hydrogens (tertiary/aromatic N) is 1. The molecule has 17 heavy (non-hydrogen) atoms. The number of hydrogen-bond donors (Lipinski definition) is 2. The van der Waals surface area contributed by atoms with Crippen molar-refractivity contribution in [3.63, 3.8) is 0 Å². The molecule has 0 saturated carbocycles. The van der Waals surface area contributed by atoms with E-state index in [1.807, 2.05) is 24.3 Å². The Morgan fingerprint density at radius 1 is 1.35 bits per heavy atom. The van der Waals surface area contributed by atoms with E-state index in [0.717, 1.165) is 40.9 Å². The Morgan fingerprint density at radius 3 is 3.00 bits per heavy atom. The number of rotatable bonds is 1. The number of fused-ring (bicyclic) bond motifs is 1. The summed E-state index contributed by atoms with van der Waals surface area (Å²) in [6, 6.07) is 7.71. The molecule has 0 fully saturated rings. The second kappa shape index (κ2) is 4.16. The summed E-state index contributed by atoms with van der Waals surface area (Å²) < 4.78 is 2.58. The fourth-order valence-corrected chi connectivity index (χ4v) is 2.53. The van der Waals surface area contributed by atoms with E-state index in [9.17, 15) is 4.79 Å². The predicted molar refractivity (Wildman–Crippen MR) is 69.5 cm³/mol. The van der Waals surface area contributed by atoms with Gasteiger partial charge in [0.15, 0.2) is 0 Å². The highest BCUT2D eigenvalue weighted by Gasteiger charge is 2.17. The maximum atomic E-state index is 12.2. The minimum absolute atomic E-state index is 0.0691. The van der Waals surface area contributed by atoms with Gasteiger partial charge in [-0.05, 0) is 31.2 Å². The molecule has 3 rings (SSSR count). The summed E-state index contributed by atoms with van der Waals surface area (Å²) in [5, 5.41) is 6.42. The van der Waals surface area contributed by atoms with Crippen molar-refractivity contribution in [2.45, 2.75) is 13.0 Å². The number of benzene rings is 1. The van der Waals surface area contributed by atoms with Gasteiger partial charge in [0.25, 0.3) is 5.56 Å². The van der Waals surface area contributed by atoms with Crippen LogP contribution in [0.15, 0.2) is 33.5 Å². The molecule has 5 heteroatoms. The number of hydrogen-bond acceptors (Lipinski definition) is 2. The molecular formula is C12H12BrN3O. The second-order valence-corrected chi connectivity index (χ2v) is 5.03. The summed E-state index contributed by atoms with van der Waals surface area (Å²) in [5.41, 5.74) is 2.84. The number of nitrogens with one attached hydrogen (secondary N) is 2. The Labute approximate surface area is 107 Å². The van der Waals surface area contributed by atoms with E-state index >= 15 is 0 Å². The third kappa shape index (κ3) is 1.85. The third-order valence-corrected chi connectivity index (χ3v) is 3.49. The van der Waals surface area contributed by atoms with Crippen LogP contribution in [0.3, 0.4) is 0 Å². The fraction of sp³-hybridized carbons (Fsp3) is 0.250.